The summed E-state index contributed by atoms with van der Waals surface area (Å²) in [5.74, 6) is 0. The van der Waals surface area contributed by atoms with Gasteiger partial charge in [-0.1, -0.05) is 31.5 Å². The Hall–Kier alpha value is -1.64. The van der Waals surface area contributed by atoms with Crippen LogP contribution in [0.4, 0.5) is 5.69 Å². The first kappa shape index (κ1) is 16.4. The van der Waals surface area contributed by atoms with Gasteiger partial charge < -0.3 is 0 Å². The molecule has 0 spiro atoms. The van der Waals surface area contributed by atoms with Crippen molar-refractivity contribution in [2.45, 2.75) is 32.7 Å². The maximum atomic E-state index is 10.9. The Bertz CT molecular complexity index is 508. The van der Waals surface area contributed by atoms with Crippen LogP contribution in [0.3, 0.4) is 0 Å². The maximum absolute atomic E-state index is 10.9. The smallest absolute Gasteiger partial charge is 0.284 e. The molecule has 1 aromatic carbocycles. The zero-order valence-electron chi connectivity index (χ0n) is 11.7. The van der Waals surface area contributed by atoms with Gasteiger partial charge in [-0.2, -0.15) is 5.26 Å². The van der Waals surface area contributed by atoms with Crippen LogP contribution >= 0.6 is 11.6 Å². The van der Waals surface area contributed by atoms with Crippen molar-refractivity contribution in [3.05, 3.63) is 38.9 Å². The molecule has 0 radical (unpaired) electrons. The van der Waals surface area contributed by atoms with E-state index < -0.39 is 11.0 Å². The van der Waals surface area contributed by atoms with E-state index in [0.29, 0.717) is 5.56 Å². The van der Waals surface area contributed by atoms with Crippen molar-refractivity contribution in [1.82, 2.24) is 4.90 Å². The molecule has 0 aliphatic carbocycles. The van der Waals surface area contributed by atoms with Gasteiger partial charge in [-0.15, -0.1) is 0 Å². The molecule has 0 saturated heterocycles. The van der Waals surface area contributed by atoms with Crippen molar-refractivity contribution >= 4 is 17.3 Å². The molecule has 0 aliphatic heterocycles. The Morgan fingerprint density at radius 1 is 1.40 bits per heavy atom. The first-order valence-corrected chi connectivity index (χ1v) is 7.00. The topological polar surface area (TPSA) is 70.2 Å². The maximum Gasteiger partial charge on any atom is 0.288 e. The third-order valence-corrected chi connectivity index (χ3v) is 3.31. The van der Waals surface area contributed by atoms with Crippen LogP contribution < -0.4 is 0 Å². The van der Waals surface area contributed by atoms with E-state index in [0.717, 1.165) is 25.9 Å². The molecule has 1 rings (SSSR count). The van der Waals surface area contributed by atoms with Crippen molar-refractivity contribution < 1.29 is 4.92 Å². The molecule has 0 amide bonds. The first-order chi connectivity index (χ1) is 9.54. The molecule has 1 atom stereocenters. The number of nitrogens with zero attached hydrogens (tertiary/aromatic N) is 3. The van der Waals surface area contributed by atoms with Crippen LogP contribution in [0.5, 0.6) is 0 Å². The summed E-state index contributed by atoms with van der Waals surface area (Å²) in [7, 11) is 0. The Balaban J connectivity index is 3.14. The van der Waals surface area contributed by atoms with Gasteiger partial charge in [-0.3, -0.25) is 15.0 Å². The first-order valence-electron chi connectivity index (χ1n) is 6.62. The Kier molecular flexibility index (Phi) is 6.43. The number of hydrogen-bond donors (Lipinski definition) is 0. The second kappa shape index (κ2) is 7.83. The summed E-state index contributed by atoms with van der Waals surface area (Å²) in [5.41, 5.74) is 0.461. The Morgan fingerprint density at radius 3 is 2.45 bits per heavy atom. The number of nitro benzene ring substituents is 1. The number of halogens is 1. The van der Waals surface area contributed by atoms with Crippen molar-refractivity contribution in [2.75, 3.05) is 13.1 Å². The van der Waals surface area contributed by atoms with Crippen LogP contribution in [-0.4, -0.2) is 22.9 Å². The molecule has 0 aromatic heterocycles. The van der Waals surface area contributed by atoms with Crippen LogP contribution in [0.25, 0.3) is 0 Å². The van der Waals surface area contributed by atoms with Gasteiger partial charge in [0.25, 0.3) is 5.69 Å². The summed E-state index contributed by atoms with van der Waals surface area (Å²) < 4.78 is 0. The molecule has 0 bridgehead atoms. The number of hydrogen-bond acceptors (Lipinski definition) is 4. The summed E-state index contributed by atoms with van der Waals surface area (Å²) in [4.78, 5) is 12.4. The van der Waals surface area contributed by atoms with Gasteiger partial charge in [-0.25, -0.2) is 0 Å². The minimum atomic E-state index is -0.524. The third-order valence-electron chi connectivity index (χ3n) is 2.99. The summed E-state index contributed by atoms with van der Waals surface area (Å²) in [6.07, 6.45) is 1.85. The summed E-state index contributed by atoms with van der Waals surface area (Å²) in [6, 6.07) is 6.31. The van der Waals surface area contributed by atoms with Crippen LogP contribution in [0, 0.1) is 21.4 Å². The highest BCUT2D eigenvalue weighted by Gasteiger charge is 2.22. The third kappa shape index (κ3) is 3.92. The predicted molar refractivity (Wildman–Crippen MR) is 78.6 cm³/mol. The molecular formula is C14H18ClN3O2. The highest BCUT2D eigenvalue weighted by molar-refractivity contribution is 6.32. The molecule has 5 nitrogen and oxygen atoms in total. The lowest BCUT2D eigenvalue weighted by atomic mass is 10.0. The average molecular weight is 296 g/mol. The average Bonchev–Trinajstić information content (AvgIpc) is 2.41. The van der Waals surface area contributed by atoms with E-state index >= 15 is 0 Å². The summed E-state index contributed by atoms with van der Waals surface area (Å²) in [6.45, 7) is 5.65. The van der Waals surface area contributed by atoms with E-state index in [1.54, 1.807) is 6.07 Å². The Labute approximate surface area is 123 Å². The fourth-order valence-electron chi connectivity index (χ4n) is 2.15. The molecule has 108 valence electrons. The lowest BCUT2D eigenvalue weighted by Crippen LogP contribution is -2.29. The van der Waals surface area contributed by atoms with Gasteiger partial charge in [0.1, 0.15) is 11.1 Å². The molecule has 6 heteroatoms. The minimum Gasteiger partial charge on any atom is -0.284 e. The molecule has 0 N–H and O–H groups in total. The van der Waals surface area contributed by atoms with Gasteiger partial charge >= 0.3 is 0 Å². The van der Waals surface area contributed by atoms with Crippen LogP contribution in [-0.2, 0) is 0 Å². The van der Waals surface area contributed by atoms with Crippen molar-refractivity contribution in [1.29, 1.82) is 5.26 Å². The van der Waals surface area contributed by atoms with Gasteiger partial charge in [0.2, 0.25) is 0 Å². The minimum absolute atomic E-state index is 0.0907. The number of benzene rings is 1. The quantitative estimate of drug-likeness (QED) is 0.564. The second-order valence-corrected chi connectivity index (χ2v) is 4.94. The van der Waals surface area contributed by atoms with Crippen molar-refractivity contribution in [3.8, 4) is 6.07 Å². The lowest BCUT2D eigenvalue weighted by Gasteiger charge is -2.26. The van der Waals surface area contributed by atoms with E-state index in [1.807, 2.05) is 18.7 Å². The number of nitriles is 1. The fourth-order valence-corrected chi connectivity index (χ4v) is 2.34. The second-order valence-electron chi connectivity index (χ2n) is 4.54. The van der Waals surface area contributed by atoms with Gasteiger partial charge in [0.15, 0.2) is 0 Å². The largest absolute Gasteiger partial charge is 0.288 e. The molecule has 0 fully saturated rings. The Morgan fingerprint density at radius 2 is 2.00 bits per heavy atom. The molecule has 1 aromatic rings. The highest BCUT2D eigenvalue weighted by Crippen LogP contribution is 2.30. The van der Waals surface area contributed by atoms with E-state index in [2.05, 4.69) is 6.07 Å². The standard InChI is InChI=1S/C14H18ClN3O2/c1-3-7-17(8-4-2)14(10-16)11-5-6-12(15)13(9-11)18(19)20/h5-6,9,14H,3-4,7-8H2,1-2H3. The predicted octanol–water partition coefficient (Wildman–Crippen LogP) is 3.93. The molecular weight excluding hydrogens is 278 g/mol. The van der Waals surface area contributed by atoms with Crippen LogP contribution in [0.2, 0.25) is 5.02 Å². The van der Waals surface area contributed by atoms with Gasteiger partial charge in [0.05, 0.1) is 11.0 Å². The van der Waals surface area contributed by atoms with E-state index in [4.69, 9.17) is 11.6 Å². The van der Waals surface area contributed by atoms with E-state index in [1.165, 1.54) is 12.1 Å². The van der Waals surface area contributed by atoms with Gasteiger partial charge in [0, 0.05) is 6.07 Å². The number of rotatable bonds is 7. The molecule has 0 saturated carbocycles. The van der Waals surface area contributed by atoms with Crippen LogP contribution in [0.1, 0.15) is 38.3 Å². The summed E-state index contributed by atoms with van der Waals surface area (Å²) in [5, 5.41) is 20.4. The molecule has 0 aliphatic rings. The summed E-state index contributed by atoms with van der Waals surface area (Å²) >= 11 is 5.80. The molecule has 20 heavy (non-hydrogen) atoms. The van der Waals surface area contributed by atoms with Gasteiger partial charge in [-0.05, 0) is 37.6 Å². The fraction of sp³-hybridized carbons (Fsp3) is 0.500. The van der Waals surface area contributed by atoms with E-state index in [-0.39, 0.29) is 10.7 Å². The van der Waals surface area contributed by atoms with E-state index in [9.17, 15) is 15.4 Å². The SMILES string of the molecule is CCCN(CCC)C(C#N)c1ccc(Cl)c([N+](=O)[O-])c1. The van der Waals surface area contributed by atoms with Crippen molar-refractivity contribution in [3.63, 3.8) is 0 Å². The number of nitro groups is 1. The molecule has 0 heterocycles. The van der Waals surface area contributed by atoms with Crippen molar-refractivity contribution in [2.24, 2.45) is 0 Å². The molecule has 1 unspecified atom stereocenters. The highest BCUT2D eigenvalue weighted by atomic mass is 35.5. The van der Waals surface area contributed by atoms with Crippen LogP contribution in [0.15, 0.2) is 18.2 Å². The zero-order chi connectivity index (χ0) is 15.1. The zero-order valence-corrected chi connectivity index (χ0v) is 12.4. The lowest BCUT2D eigenvalue weighted by molar-refractivity contribution is -0.384. The monoisotopic (exact) mass is 295 g/mol. The normalized spacial score (nSPS) is 12.2.